The first kappa shape index (κ1) is 13.6. The number of para-hydroxylation sites is 1. The van der Waals surface area contributed by atoms with E-state index in [4.69, 9.17) is 0 Å². The van der Waals surface area contributed by atoms with Crippen molar-refractivity contribution in [2.45, 2.75) is 12.7 Å². The summed E-state index contributed by atoms with van der Waals surface area (Å²) in [5.74, 6) is -0.0693. The normalized spacial score (nSPS) is 16.3. The molecule has 1 aromatic heterocycles. The monoisotopic (exact) mass is 304 g/mol. The highest BCUT2D eigenvalue weighted by Crippen LogP contribution is 2.25. The van der Waals surface area contributed by atoms with Crippen molar-refractivity contribution in [3.8, 4) is 0 Å². The maximum Gasteiger partial charge on any atom is 0.255 e. The van der Waals surface area contributed by atoms with Crippen molar-refractivity contribution >= 4 is 11.6 Å². The van der Waals surface area contributed by atoms with E-state index in [9.17, 15) is 4.79 Å². The van der Waals surface area contributed by atoms with E-state index in [-0.39, 0.29) is 12.1 Å². The lowest BCUT2D eigenvalue weighted by Crippen LogP contribution is -2.38. The van der Waals surface area contributed by atoms with Gasteiger partial charge in [-0.1, -0.05) is 42.5 Å². The van der Waals surface area contributed by atoms with E-state index < -0.39 is 0 Å². The number of hydrogen-bond acceptors (Lipinski definition) is 3. The van der Waals surface area contributed by atoms with Crippen molar-refractivity contribution in [1.29, 1.82) is 0 Å². The van der Waals surface area contributed by atoms with Gasteiger partial charge in [0.05, 0.1) is 18.3 Å². The fourth-order valence-corrected chi connectivity index (χ4v) is 2.76. The highest BCUT2D eigenvalue weighted by Gasteiger charge is 2.24. The molecule has 0 aliphatic carbocycles. The predicted octanol–water partition coefficient (Wildman–Crippen LogP) is 2.79. The third-order valence-electron chi connectivity index (χ3n) is 3.92. The second-order valence-electron chi connectivity index (χ2n) is 5.55. The quantitative estimate of drug-likeness (QED) is 0.782. The summed E-state index contributed by atoms with van der Waals surface area (Å²) in [6, 6.07) is 17.7. The Morgan fingerprint density at radius 3 is 2.65 bits per heavy atom. The Balaban J connectivity index is 1.55. The summed E-state index contributed by atoms with van der Waals surface area (Å²) in [5, 5.41) is 10.7. The van der Waals surface area contributed by atoms with E-state index in [2.05, 4.69) is 27.9 Å². The zero-order valence-corrected chi connectivity index (χ0v) is 12.4. The lowest BCUT2D eigenvalue weighted by Gasteiger charge is -2.26. The van der Waals surface area contributed by atoms with Gasteiger partial charge in [0, 0.05) is 17.4 Å². The van der Waals surface area contributed by atoms with Crippen molar-refractivity contribution in [3.05, 3.63) is 83.7 Å². The molecule has 114 valence electrons. The standard InChI is InChI=1S/C18H16N4O/c23-18-15-8-4-5-9-16(15)20-17(21-18)14-10-19-22(12-14)11-13-6-2-1-3-7-13/h1-10,12,17,20H,11H2,(H,21,23)/t17-/m0/s1. The Bertz CT molecular complexity index is 841. The van der Waals surface area contributed by atoms with E-state index in [0.717, 1.165) is 11.3 Å². The summed E-state index contributed by atoms with van der Waals surface area (Å²) in [7, 11) is 0. The minimum absolute atomic E-state index is 0.0693. The molecule has 2 aromatic carbocycles. The molecule has 3 aromatic rings. The van der Waals surface area contributed by atoms with Crippen molar-refractivity contribution < 1.29 is 4.79 Å². The summed E-state index contributed by atoms with van der Waals surface area (Å²) >= 11 is 0. The van der Waals surface area contributed by atoms with Gasteiger partial charge in [0.1, 0.15) is 6.17 Å². The molecular formula is C18H16N4O. The Morgan fingerprint density at radius 1 is 1.00 bits per heavy atom. The highest BCUT2D eigenvalue weighted by molar-refractivity contribution is 6.01. The lowest BCUT2D eigenvalue weighted by molar-refractivity contribution is 0.0935. The zero-order valence-electron chi connectivity index (χ0n) is 12.4. The van der Waals surface area contributed by atoms with Crippen LogP contribution in [-0.4, -0.2) is 15.7 Å². The SMILES string of the molecule is O=C1N[C@@H](c2cnn(Cc3ccccc3)c2)Nc2ccccc21. The topological polar surface area (TPSA) is 59.0 Å². The van der Waals surface area contributed by atoms with Crippen LogP contribution in [0.2, 0.25) is 0 Å². The van der Waals surface area contributed by atoms with E-state index >= 15 is 0 Å². The third-order valence-corrected chi connectivity index (χ3v) is 3.92. The van der Waals surface area contributed by atoms with Gasteiger partial charge in [-0.3, -0.25) is 9.48 Å². The number of fused-ring (bicyclic) bond motifs is 1. The Morgan fingerprint density at radius 2 is 1.78 bits per heavy atom. The first-order chi connectivity index (χ1) is 11.3. The fraction of sp³-hybridized carbons (Fsp3) is 0.111. The molecule has 0 bridgehead atoms. The van der Waals surface area contributed by atoms with Crippen LogP contribution in [0.3, 0.4) is 0 Å². The largest absolute Gasteiger partial charge is 0.361 e. The van der Waals surface area contributed by atoms with Crippen LogP contribution in [-0.2, 0) is 6.54 Å². The number of nitrogens with zero attached hydrogens (tertiary/aromatic N) is 2. The number of carbonyl (C=O) groups is 1. The zero-order chi connectivity index (χ0) is 15.6. The molecule has 0 fully saturated rings. The van der Waals surface area contributed by atoms with Gasteiger partial charge in [-0.05, 0) is 17.7 Å². The van der Waals surface area contributed by atoms with E-state index in [1.165, 1.54) is 5.56 Å². The van der Waals surface area contributed by atoms with Crippen LogP contribution >= 0.6 is 0 Å². The van der Waals surface area contributed by atoms with E-state index in [1.807, 2.05) is 53.3 Å². The number of anilines is 1. The van der Waals surface area contributed by atoms with Crippen LogP contribution < -0.4 is 10.6 Å². The molecular weight excluding hydrogens is 288 g/mol. The molecule has 2 N–H and O–H groups in total. The van der Waals surface area contributed by atoms with Gasteiger partial charge in [-0.25, -0.2) is 0 Å². The van der Waals surface area contributed by atoms with Crippen LogP contribution in [0.4, 0.5) is 5.69 Å². The second kappa shape index (κ2) is 5.61. The van der Waals surface area contributed by atoms with Crippen molar-refractivity contribution in [3.63, 3.8) is 0 Å². The number of carbonyl (C=O) groups excluding carboxylic acids is 1. The molecule has 0 radical (unpaired) electrons. The summed E-state index contributed by atoms with van der Waals surface area (Å²) in [6.45, 7) is 0.706. The molecule has 4 rings (SSSR count). The minimum Gasteiger partial charge on any atom is -0.361 e. The molecule has 0 spiro atoms. The first-order valence-electron chi connectivity index (χ1n) is 7.52. The number of amides is 1. The smallest absolute Gasteiger partial charge is 0.255 e. The van der Waals surface area contributed by atoms with Gasteiger partial charge in [0.25, 0.3) is 5.91 Å². The molecule has 1 aliphatic rings. The third kappa shape index (κ3) is 2.68. The number of benzene rings is 2. The van der Waals surface area contributed by atoms with Gasteiger partial charge in [-0.15, -0.1) is 0 Å². The Labute approximate surface area is 134 Å². The van der Waals surface area contributed by atoms with Gasteiger partial charge in [-0.2, -0.15) is 5.10 Å². The molecule has 5 heteroatoms. The number of hydrogen-bond donors (Lipinski definition) is 2. The van der Waals surface area contributed by atoms with Crippen LogP contribution in [0.25, 0.3) is 0 Å². The van der Waals surface area contributed by atoms with E-state index in [1.54, 1.807) is 6.20 Å². The first-order valence-corrected chi connectivity index (χ1v) is 7.52. The number of nitrogens with one attached hydrogen (secondary N) is 2. The Hall–Kier alpha value is -3.08. The summed E-state index contributed by atoms with van der Waals surface area (Å²) < 4.78 is 1.87. The number of rotatable bonds is 3. The average molecular weight is 304 g/mol. The molecule has 0 unspecified atom stereocenters. The van der Waals surface area contributed by atoms with Crippen LogP contribution in [0.15, 0.2) is 67.0 Å². The fourth-order valence-electron chi connectivity index (χ4n) is 2.76. The van der Waals surface area contributed by atoms with Crippen LogP contribution in [0.5, 0.6) is 0 Å². The van der Waals surface area contributed by atoms with E-state index in [0.29, 0.717) is 12.1 Å². The molecule has 1 amide bonds. The predicted molar refractivity (Wildman–Crippen MR) is 88.0 cm³/mol. The maximum absolute atomic E-state index is 12.2. The van der Waals surface area contributed by atoms with Crippen LogP contribution in [0.1, 0.15) is 27.7 Å². The highest BCUT2D eigenvalue weighted by atomic mass is 16.2. The van der Waals surface area contributed by atoms with Crippen molar-refractivity contribution in [1.82, 2.24) is 15.1 Å². The van der Waals surface area contributed by atoms with Gasteiger partial charge >= 0.3 is 0 Å². The molecule has 2 heterocycles. The summed E-state index contributed by atoms with van der Waals surface area (Å²) in [4.78, 5) is 12.2. The van der Waals surface area contributed by atoms with Gasteiger partial charge in [0.15, 0.2) is 0 Å². The molecule has 5 nitrogen and oxygen atoms in total. The minimum atomic E-state index is -0.262. The molecule has 23 heavy (non-hydrogen) atoms. The van der Waals surface area contributed by atoms with Gasteiger partial charge < -0.3 is 10.6 Å². The molecule has 1 atom stereocenters. The molecule has 0 saturated carbocycles. The molecule has 1 aliphatic heterocycles. The second-order valence-corrected chi connectivity index (χ2v) is 5.55. The number of aromatic nitrogens is 2. The summed E-state index contributed by atoms with van der Waals surface area (Å²) in [6.07, 6.45) is 3.48. The Kier molecular flexibility index (Phi) is 3.31. The summed E-state index contributed by atoms with van der Waals surface area (Å²) in [5.41, 5.74) is 3.63. The van der Waals surface area contributed by atoms with Crippen molar-refractivity contribution in [2.75, 3.05) is 5.32 Å². The lowest BCUT2D eigenvalue weighted by atomic mass is 10.1. The van der Waals surface area contributed by atoms with Gasteiger partial charge in [0.2, 0.25) is 0 Å². The average Bonchev–Trinajstić information content (AvgIpc) is 3.04. The van der Waals surface area contributed by atoms with Crippen LogP contribution in [0, 0.1) is 0 Å². The maximum atomic E-state index is 12.2. The van der Waals surface area contributed by atoms with Crippen molar-refractivity contribution in [2.24, 2.45) is 0 Å². The molecule has 0 saturated heterocycles.